The number of nitrogens with one attached hydrogen (secondary N) is 1. The summed E-state index contributed by atoms with van der Waals surface area (Å²) in [6.07, 6.45) is -0.454. The Morgan fingerprint density at radius 3 is 2.93 bits per heavy atom. The highest BCUT2D eigenvalue weighted by atomic mass is 16.5. The molecule has 2 heterocycles. The molecule has 27 heavy (non-hydrogen) atoms. The van der Waals surface area contributed by atoms with Gasteiger partial charge >= 0.3 is 6.09 Å². The van der Waals surface area contributed by atoms with Gasteiger partial charge in [0.05, 0.1) is 31.3 Å². The van der Waals surface area contributed by atoms with Crippen molar-refractivity contribution in [3.8, 4) is 5.75 Å². The molecule has 0 bridgehead atoms. The van der Waals surface area contributed by atoms with E-state index in [1.165, 1.54) is 0 Å². The second-order valence-electron chi connectivity index (χ2n) is 6.35. The van der Waals surface area contributed by atoms with Crippen LogP contribution in [0.15, 0.2) is 42.5 Å². The average Bonchev–Trinajstić information content (AvgIpc) is 3.05. The lowest BCUT2D eigenvalue weighted by atomic mass is 10.2. The SMILES string of the molecule is CCOC(=O)Nc1ccc2c(c1)nc1n2CCN(c2cccc(OC)c2)C1. The van der Waals surface area contributed by atoms with Gasteiger partial charge in [0.1, 0.15) is 11.6 Å². The number of fused-ring (bicyclic) bond motifs is 3. The van der Waals surface area contributed by atoms with Crippen LogP contribution in [-0.4, -0.2) is 35.9 Å². The van der Waals surface area contributed by atoms with E-state index in [1.54, 1.807) is 14.0 Å². The smallest absolute Gasteiger partial charge is 0.411 e. The number of imidazole rings is 1. The van der Waals surface area contributed by atoms with Gasteiger partial charge in [-0.2, -0.15) is 0 Å². The van der Waals surface area contributed by atoms with Crippen molar-refractivity contribution in [2.24, 2.45) is 0 Å². The minimum absolute atomic E-state index is 0.340. The topological polar surface area (TPSA) is 68.6 Å². The van der Waals surface area contributed by atoms with Crippen molar-refractivity contribution in [1.29, 1.82) is 0 Å². The predicted molar refractivity (Wildman–Crippen MR) is 104 cm³/mol. The van der Waals surface area contributed by atoms with E-state index in [-0.39, 0.29) is 0 Å². The third-order valence-electron chi connectivity index (χ3n) is 4.69. The number of benzene rings is 2. The largest absolute Gasteiger partial charge is 0.497 e. The minimum atomic E-state index is -0.454. The average molecular weight is 366 g/mol. The van der Waals surface area contributed by atoms with E-state index in [9.17, 15) is 4.79 Å². The Bertz CT molecular complexity index is 983. The fourth-order valence-electron chi connectivity index (χ4n) is 3.41. The molecule has 1 aromatic heterocycles. The molecule has 0 radical (unpaired) electrons. The first-order valence-corrected chi connectivity index (χ1v) is 9.00. The zero-order chi connectivity index (χ0) is 18.8. The van der Waals surface area contributed by atoms with Gasteiger partial charge in [-0.05, 0) is 37.3 Å². The van der Waals surface area contributed by atoms with Crippen molar-refractivity contribution in [2.45, 2.75) is 20.0 Å². The van der Waals surface area contributed by atoms with Crippen molar-refractivity contribution in [3.63, 3.8) is 0 Å². The van der Waals surface area contributed by atoms with E-state index >= 15 is 0 Å². The Morgan fingerprint density at radius 1 is 1.22 bits per heavy atom. The van der Waals surface area contributed by atoms with Crippen LogP contribution in [0.1, 0.15) is 12.7 Å². The van der Waals surface area contributed by atoms with Gasteiger partial charge in [-0.3, -0.25) is 5.32 Å². The molecule has 3 aromatic rings. The first-order valence-electron chi connectivity index (χ1n) is 9.00. The van der Waals surface area contributed by atoms with Crippen LogP contribution in [0.25, 0.3) is 11.0 Å². The third kappa shape index (κ3) is 3.40. The molecule has 140 valence electrons. The molecule has 0 saturated heterocycles. The van der Waals surface area contributed by atoms with E-state index in [1.807, 2.05) is 36.4 Å². The standard InChI is InChI=1S/C20H22N4O3/c1-3-27-20(25)21-14-7-8-18-17(11-14)22-19-13-23(9-10-24(18)19)15-5-4-6-16(12-15)26-2/h4-8,11-12H,3,9-10,13H2,1-2H3,(H,21,25). The van der Waals surface area contributed by atoms with Gasteiger partial charge in [0.2, 0.25) is 0 Å². The molecule has 1 aliphatic rings. The number of aromatic nitrogens is 2. The number of carbonyl (C=O) groups is 1. The van der Waals surface area contributed by atoms with Crippen LogP contribution in [-0.2, 0) is 17.8 Å². The van der Waals surface area contributed by atoms with Crippen LogP contribution in [0.3, 0.4) is 0 Å². The number of methoxy groups -OCH3 is 1. The number of anilines is 2. The Balaban J connectivity index is 1.59. The van der Waals surface area contributed by atoms with Gasteiger partial charge < -0.3 is 18.9 Å². The van der Waals surface area contributed by atoms with Crippen LogP contribution in [0.5, 0.6) is 5.75 Å². The summed E-state index contributed by atoms with van der Waals surface area (Å²) in [5.74, 6) is 1.86. The van der Waals surface area contributed by atoms with E-state index in [4.69, 9.17) is 14.5 Å². The highest BCUT2D eigenvalue weighted by Crippen LogP contribution is 2.28. The number of ether oxygens (including phenoxy) is 2. The molecule has 0 saturated carbocycles. The summed E-state index contributed by atoms with van der Waals surface area (Å²) in [6, 6.07) is 13.8. The Labute approximate surface area is 157 Å². The van der Waals surface area contributed by atoms with Crippen LogP contribution < -0.4 is 15.0 Å². The molecule has 0 aliphatic carbocycles. The predicted octanol–water partition coefficient (Wildman–Crippen LogP) is 3.63. The van der Waals surface area contributed by atoms with Crippen molar-refractivity contribution in [3.05, 3.63) is 48.3 Å². The second-order valence-corrected chi connectivity index (χ2v) is 6.35. The van der Waals surface area contributed by atoms with Gasteiger partial charge in [0.25, 0.3) is 0 Å². The van der Waals surface area contributed by atoms with Crippen LogP contribution in [0.2, 0.25) is 0 Å². The third-order valence-corrected chi connectivity index (χ3v) is 4.69. The monoisotopic (exact) mass is 366 g/mol. The molecular formula is C20H22N4O3. The first-order chi connectivity index (χ1) is 13.2. The molecule has 0 unspecified atom stereocenters. The Hall–Kier alpha value is -3.22. The Kier molecular flexibility index (Phi) is 4.58. The fourth-order valence-corrected chi connectivity index (χ4v) is 3.41. The van der Waals surface area contributed by atoms with E-state index < -0.39 is 6.09 Å². The molecule has 0 fully saturated rings. The number of nitrogens with zero attached hydrogens (tertiary/aromatic N) is 3. The Morgan fingerprint density at radius 2 is 2.11 bits per heavy atom. The molecular weight excluding hydrogens is 344 g/mol. The summed E-state index contributed by atoms with van der Waals surface area (Å²) >= 11 is 0. The molecule has 4 rings (SSSR count). The summed E-state index contributed by atoms with van der Waals surface area (Å²) in [5.41, 5.74) is 3.75. The van der Waals surface area contributed by atoms with Gasteiger partial charge in [-0.25, -0.2) is 9.78 Å². The number of hydrogen-bond donors (Lipinski definition) is 1. The number of hydrogen-bond acceptors (Lipinski definition) is 5. The summed E-state index contributed by atoms with van der Waals surface area (Å²) in [7, 11) is 1.68. The van der Waals surface area contributed by atoms with Crippen molar-refractivity contribution in [1.82, 2.24) is 9.55 Å². The highest BCUT2D eigenvalue weighted by molar-refractivity contribution is 5.89. The summed E-state index contributed by atoms with van der Waals surface area (Å²) < 4.78 is 12.5. The molecule has 0 atom stereocenters. The van der Waals surface area contributed by atoms with E-state index in [0.717, 1.165) is 47.9 Å². The van der Waals surface area contributed by atoms with Crippen molar-refractivity contribution >= 4 is 28.5 Å². The van der Waals surface area contributed by atoms with Gasteiger partial charge in [-0.1, -0.05) is 6.07 Å². The van der Waals surface area contributed by atoms with E-state index in [2.05, 4.69) is 20.9 Å². The zero-order valence-corrected chi connectivity index (χ0v) is 15.4. The molecule has 1 N–H and O–H groups in total. The molecule has 1 amide bonds. The number of carbonyl (C=O) groups excluding carboxylic acids is 1. The lowest BCUT2D eigenvalue weighted by Crippen LogP contribution is -2.33. The summed E-state index contributed by atoms with van der Waals surface area (Å²) in [4.78, 5) is 18.7. The van der Waals surface area contributed by atoms with E-state index in [0.29, 0.717) is 12.3 Å². The molecule has 7 heteroatoms. The lowest BCUT2D eigenvalue weighted by Gasteiger charge is -2.30. The normalized spacial score (nSPS) is 13.3. The molecule has 0 spiro atoms. The van der Waals surface area contributed by atoms with Crippen molar-refractivity contribution in [2.75, 3.05) is 30.5 Å². The maximum absolute atomic E-state index is 11.6. The molecule has 2 aromatic carbocycles. The van der Waals surface area contributed by atoms with Crippen molar-refractivity contribution < 1.29 is 14.3 Å². The number of rotatable bonds is 4. The van der Waals surface area contributed by atoms with Crippen LogP contribution >= 0.6 is 0 Å². The van der Waals surface area contributed by atoms with Gasteiger partial charge in [0, 0.05) is 30.5 Å². The number of amides is 1. The van der Waals surface area contributed by atoms with Gasteiger partial charge in [-0.15, -0.1) is 0 Å². The highest BCUT2D eigenvalue weighted by Gasteiger charge is 2.21. The molecule has 7 nitrogen and oxygen atoms in total. The summed E-state index contributed by atoms with van der Waals surface area (Å²) in [6.45, 7) is 4.60. The second kappa shape index (κ2) is 7.19. The molecule has 1 aliphatic heterocycles. The summed E-state index contributed by atoms with van der Waals surface area (Å²) in [5, 5.41) is 2.73. The fraction of sp³-hybridized carbons (Fsp3) is 0.300. The van der Waals surface area contributed by atoms with Crippen LogP contribution in [0, 0.1) is 0 Å². The quantitative estimate of drug-likeness (QED) is 0.764. The van der Waals surface area contributed by atoms with Gasteiger partial charge in [0.15, 0.2) is 0 Å². The first kappa shape index (κ1) is 17.2. The maximum atomic E-state index is 11.6. The zero-order valence-electron chi connectivity index (χ0n) is 15.4. The van der Waals surface area contributed by atoms with Crippen LogP contribution in [0.4, 0.5) is 16.2 Å². The lowest BCUT2D eigenvalue weighted by molar-refractivity contribution is 0.168. The minimum Gasteiger partial charge on any atom is -0.497 e. The maximum Gasteiger partial charge on any atom is 0.411 e.